The van der Waals surface area contributed by atoms with Crippen LogP contribution in [0.5, 0.6) is 0 Å². The third kappa shape index (κ3) is 6.84. The first-order chi connectivity index (χ1) is 11.0. The predicted molar refractivity (Wildman–Crippen MR) is 91.8 cm³/mol. The summed E-state index contributed by atoms with van der Waals surface area (Å²) in [5.41, 5.74) is 9.80. The number of nitrogens with zero attached hydrogens (tertiary/aromatic N) is 2. The summed E-state index contributed by atoms with van der Waals surface area (Å²) in [6.45, 7) is 5.18. The number of rotatable bonds is 10. The van der Waals surface area contributed by atoms with E-state index in [0.29, 0.717) is 12.8 Å². The number of hydrogen-bond donors (Lipinski definition) is 3. The number of primary amides is 1. The number of carbonyl (C=O) groups excluding carboxylic acids is 3. The van der Waals surface area contributed by atoms with Gasteiger partial charge < -0.3 is 26.4 Å². The smallest absolute Gasteiger partial charge is 0.245 e. The monoisotopic (exact) mass is 344 g/mol. The van der Waals surface area contributed by atoms with E-state index < -0.39 is 29.5 Å². The zero-order chi connectivity index (χ0) is 19.1. The number of carbonyl (C=O) groups is 3. The number of nitrogens with two attached hydrogens (primary N) is 2. The van der Waals surface area contributed by atoms with Crippen LogP contribution in [0.25, 0.3) is 0 Å². The Morgan fingerprint density at radius 3 is 2.04 bits per heavy atom. The second-order valence-electron chi connectivity index (χ2n) is 6.73. The van der Waals surface area contributed by atoms with Gasteiger partial charge in [-0.1, -0.05) is 6.92 Å². The summed E-state index contributed by atoms with van der Waals surface area (Å²) in [5.74, 6) is -1.28. The molecule has 1 unspecified atom stereocenters. The second kappa shape index (κ2) is 9.58. The molecular weight excluding hydrogens is 312 g/mol. The zero-order valence-corrected chi connectivity index (χ0v) is 15.4. The van der Waals surface area contributed by atoms with Crippen molar-refractivity contribution in [2.24, 2.45) is 11.5 Å². The van der Waals surface area contributed by atoms with E-state index in [9.17, 15) is 19.5 Å². The molecule has 0 aliphatic heterocycles. The minimum Gasteiger partial charge on any atom is -0.390 e. The first-order valence-electron chi connectivity index (χ1n) is 8.20. The van der Waals surface area contributed by atoms with Crippen molar-refractivity contribution < 1.29 is 19.5 Å². The Bertz CT molecular complexity index is 448. The van der Waals surface area contributed by atoms with Gasteiger partial charge in [0.1, 0.15) is 12.1 Å². The van der Waals surface area contributed by atoms with Crippen LogP contribution in [0.15, 0.2) is 0 Å². The summed E-state index contributed by atoms with van der Waals surface area (Å²) in [5, 5.41) is 9.95. The maximum absolute atomic E-state index is 12.8. The second-order valence-corrected chi connectivity index (χ2v) is 6.73. The molecule has 0 saturated heterocycles. The maximum atomic E-state index is 12.8. The molecule has 0 aliphatic carbocycles. The highest BCUT2D eigenvalue weighted by Gasteiger charge is 2.35. The van der Waals surface area contributed by atoms with Crippen molar-refractivity contribution in [3.05, 3.63) is 0 Å². The Morgan fingerprint density at radius 2 is 1.67 bits per heavy atom. The van der Waals surface area contributed by atoms with Crippen molar-refractivity contribution in [3.63, 3.8) is 0 Å². The molecule has 140 valence electrons. The fraction of sp³-hybridized carbons (Fsp3) is 0.812. The Hall–Kier alpha value is -1.67. The van der Waals surface area contributed by atoms with Gasteiger partial charge in [0.05, 0.1) is 5.60 Å². The molecule has 0 aromatic heterocycles. The van der Waals surface area contributed by atoms with Crippen LogP contribution in [0.2, 0.25) is 0 Å². The SMILES string of the molecule is CCCC(=O)N(C)C(CCN)C(=O)N(C)[C@@H](CC(C)(C)O)C(N)=O. The highest BCUT2D eigenvalue weighted by atomic mass is 16.3. The lowest BCUT2D eigenvalue weighted by molar-refractivity contribution is -0.148. The molecule has 0 radical (unpaired) electrons. The van der Waals surface area contributed by atoms with Gasteiger partial charge in [0, 0.05) is 26.9 Å². The van der Waals surface area contributed by atoms with Crippen molar-refractivity contribution in [1.82, 2.24) is 9.80 Å². The fourth-order valence-electron chi connectivity index (χ4n) is 2.49. The molecule has 0 aliphatic rings. The van der Waals surface area contributed by atoms with E-state index in [1.165, 1.54) is 30.7 Å². The molecule has 24 heavy (non-hydrogen) atoms. The van der Waals surface area contributed by atoms with Crippen LogP contribution in [-0.4, -0.2) is 71.0 Å². The van der Waals surface area contributed by atoms with Crippen LogP contribution >= 0.6 is 0 Å². The largest absolute Gasteiger partial charge is 0.390 e. The molecule has 0 bridgehead atoms. The summed E-state index contributed by atoms with van der Waals surface area (Å²) in [6.07, 6.45) is 1.29. The molecule has 0 aromatic carbocycles. The molecule has 0 heterocycles. The average Bonchev–Trinajstić information content (AvgIpc) is 2.47. The van der Waals surface area contributed by atoms with Crippen LogP contribution in [0.4, 0.5) is 0 Å². The van der Waals surface area contributed by atoms with E-state index in [1.807, 2.05) is 6.92 Å². The van der Waals surface area contributed by atoms with E-state index in [4.69, 9.17) is 11.5 Å². The molecule has 3 amide bonds. The lowest BCUT2D eigenvalue weighted by atomic mass is 9.97. The Balaban J connectivity index is 5.37. The molecule has 0 fully saturated rings. The number of likely N-dealkylation sites (N-methyl/N-ethyl adjacent to an activating group) is 2. The van der Waals surface area contributed by atoms with Crippen LogP contribution < -0.4 is 11.5 Å². The Labute approximate surface area is 144 Å². The number of hydrogen-bond acceptors (Lipinski definition) is 5. The quantitative estimate of drug-likeness (QED) is 0.489. The molecule has 0 spiro atoms. The summed E-state index contributed by atoms with van der Waals surface area (Å²) >= 11 is 0. The van der Waals surface area contributed by atoms with E-state index in [1.54, 1.807) is 7.05 Å². The summed E-state index contributed by atoms with van der Waals surface area (Å²) in [4.78, 5) is 39.2. The minimum atomic E-state index is -1.17. The molecule has 8 nitrogen and oxygen atoms in total. The summed E-state index contributed by atoms with van der Waals surface area (Å²) < 4.78 is 0. The molecule has 0 saturated carbocycles. The fourth-order valence-corrected chi connectivity index (χ4v) is 2.49. The molecular formula is C16H32N4O4. The average molecular weight is 344 g/mol. The molecule has 5 N–H and O–H groups in total. The van der Waals surface area contributed by atoms with Crippen LogP contribution in [0, 0.1) is 0 Å². The van der Waals surface area contributed by atoms with Crippen molar-refractivity contribution >= 4 is 17.7 Å². The van der Waals surface area contributed by atoms with Gasteiger partial charge in [0.25, 0.3) is 0 Å². The molecule has 0 aromatic rings. The first-order valence-corrected chi connectivity index (χ1v) is 8.20. The molecule has 0 rings (SSSR count). The lowest BCUT2D eigenvalue weighted by Gasteiger charge is -2.35. The van der Waals surface area contributed by atoms with Crippen molar-refractivity contribution in [3.8, 4) is 0 Å². The minimum absolute atomic E-state index is 0.00649. The van der Waals surface area contributed by atoms with Gasteiger partial charge in [-0.2, -0.15) is 0 Å². The van der Waals surface area contributed by atoms with E-state index in [-0.39, 0.29) is 25.3 Å². The maximum Gasteiger partial charge on any atom is 0.245 e. The number of amides is 3. The van der Waals surface area contributed by atoms with Gasteiger partial charge >= 0.3 is 0 Å². The predicted octanol–water partition coefficient (Wildman–Crippen LogP) is -0.564. The normalized spacial score (nSPS) is 14.0. The first kappa shape index (κ1) is 22.3. The highest BCUT2D eigenvalue weighted by molar-refractivity contribution is 5.91. The standard InChI is InChI=1S/C16H32N4O4/c1-6-7-13(21)19(4)11(8-9-17)15(23)20(5)12(14(18)22)10-16(2,3)24/h11-12,24H,6-10,17H2,1-5H3,(H2,18,22)/t11?,12-/m0/s1. The van der Waals surface area contributed by atoms with Crippen LogP contribution in [0.1, 0.15) is 46.5 Å². The van der Waals surface area contributed by atoms with E-state index in [2.05, 4.69) is 0 Å². The topological polar surface area (TPSA) is 130 Å². The van der Waals surface area contributed by atoms with Crippen molar-refractivity contribution in [1.29, 1.82) is 0 Å². The summed E-state index contributed by atoms with van der Waals surface area (Å²) in [7, 11) is 3.00. The van der Waals surface area contributed by atoms with Crippen molar-refractivity contribution in [2.75, 3.05) is 20.6 Å². The Kier molecular flexibility index (Phi) is 8.92. The molecule has 2 atom stereocenters. The van der Waals surface area contributed by atoms with Crippen molar-refractivity contribution in [2.45, 2.75) is 64.1 Å². The summed E-state index contributed by atoms with van der Waals surface area (Å²) in [6, 6.07) is -1.73. The van der Waals surface area contributed by atoms with Gasteiger partial charge in [0.2, 0.25) is 17.7 Å². The van der Waals surface area contributed by atoms with Gasteiger partial charge in [-0.25, -0.2) is 0 Å². The Morgan fingerprint density at radius 1 is 1.12 bits per heavy atom. The van der Waals surface area contributed by atoms with Crippen LogP contribution in [0.3, 0.4) is 0 Å². The van der Waals surface area contributed by atoms with E-state index >= 15 is 0 Å². The van der Waals surface area contributed by atoms with Gasteiger partial charge in [-0.15, -0.1) is 0 Å². The molecule has 8 heteroatoms. The third-order valence-electron chi connectivity index (χ3n) is 3.89. The van der Waals surface area contributed by atoms with Gasteiger partial charge in [0.15, 0.2) is 0 Å². The van der Waals surface area contributed by atoms with Gasteiger partial charge in [-0.05, 0) is 33.2 Å². The zero-order valence-electron chi connectivity index (χ0n) is 15.4. The lowest BCUT2D eigenvalue weighted by Crippen LogP contribution is -2.55. The highest BCUT2D eigenvalue weighted by Crippen LogP contribution is 2.17. The van der Waals surface area contributed by atoms with E-state index in [0.717, 1.165) is 0 Å². The number of aliphatic hydroxyl groups is 1. The third-order valence-corrected chi connectivity index (χ3v) is 3.89. The van der Waals surface area contributed by atoms with Crippen LogP contribution in [-0.2, 0) is 14.4 Å². The van der Waals surface area contributed by atoms with Gasteiger partial charge in [-0.3, -0.25) is 14.4 Å².